The van der Waals surface area contributed by atoms with E-state index >= 15 is 0 Å². The van der Waals surface area contributed by atoms with Gasteiger partial charge in [0.1, 0.15) is 0 Å². The van der Waals surface area contributed by atoms with Crippen LogP contribution in [0.3, 0.4) is 0 Å². The van der Waals surface area contributed by atoms with Crippen LogP contribution in [-0.4, -0.2) is 41.0 Å². The smallest absolute Gasteiger partial charge is 0.162 e. The van der Waals surface area contributed by atoms with Crippen LogP contribution in [0.15, 0.2) is 55.1 Å². The molecular formula is C20H20N6O. The van der Waals surface area contributed by atoms with Crippen molar-refractivity contribution in [3.63, 3.8) is 0 Å². The van der Waals surface area contributed by atoms with Crippen molar-refractivity contribution in [2.75, 3.05) is 6.61 Å². The second-order valence-electron chi connectivity index (χ2n) is 6.86. The highest BCUT2D eigenvalue weighted by atomic mass is 16.3. The third-order valence-corrected chi connectivity index (χ3v) is 5.02. The number of aliphatic hydroxyl groups is 1. The molecule has 5 rings (SSSR count). The van der Waals surface area contributed by atoms with Crippen molar-refractivity contribution in [2.24, 2.45) is 0 Å². The molecule has 0 bridgehead atoms. The topological polar surface area (TPSA) is 71.5 Å². The molecule has 136 valence electrons. The van der Waals surface area contributed by atoms with Crippen molar-refractivity contribution < 1.29 is 5.11 Å². The first-order chi connectivity index (χ1) is 13.3. The summed E-state index contributed by atoms with van der Waals surface area (Å²) in [5, 5.41) is 18.0. The molecule has 0 unspecified atom stereocenters. The summed E-state index contributed by atoms with van der Waals surface area (Å²) in [6, 6.07) is 10.2. The first-order valence-corrected chi connectivity index (χ1v) is 9.06. The Labute approximate surface area is 156 Å². The number of aromatic nitrogens is 5. The van der Waals surface area contributed by atoms with Crippen molar-refractivity contribution in [1.82, 2.24) is 29.3 Å². The van der Waals surface area contributed by atoms with Gasteiger partial charge < -0.3 is 5.11 Å². The van der Waals surface area contributed by atoms with E-state index in [1.807, 2.05) is 46.0 Å². The molecule has 0 aliphatic carbocycles. The van der Waals surface area contributed by atoms with Crippen molar-refractivity contribution in [3.05, 3.63) is 71.9 Å². The van der Waals surface area contributed by atoms with Gasteiger partial charge in [0.15, 0.2) is 5.65 Å². The first-order valence-electron chi connectivity index (χ1n) is 9.06. The zero-order chi connectivity index (χ0) is 18.2. The summed E-state index contributed by atoms with van der Waals surface area (Å²) in [4.78, 5) is 7.02. The second-order valence-corrected chi connectivity index (χ2v) is 6.86. The van der Waals surface area contributed by atoms with Gasteiger partial charge >= 0.3 is 0 Å². The predicted octanol–water partition coefficient (Wildman–Crippen LogP) is 2.10. The van der Waals surface area contributed by atoms with Gasteiger partial charge in [-0.3, -0.25) is 9.58 Å². The minimum absolute atomic E-state index is 0.109. The zero-order valence-electron chi connectivity index (χ0n) is 14.9. The minimum atomic E-state index is 0.109. The molecule has 0 radical (unpaired) electrons. The Morgan fingerprint density at radius 2 is 1.89 bits per heavy atom. The number of hydrogen-bond donors (Lipinski definition) is 1. The van der Waals surface area contributed by atoms with Gasteiger partial charge in [0, 0.05) is 48.7 Å². The monoisotopic (exact) mass is 360 g/mol. The van der Waals surface area contributed by atoms with Crippen molar-refractivity contribution >= 4 is 5.65 Å². The molecule has 0 fully saturated rings. The fourth-order valence-corrected chi connectivity index (χ4v) is 3.75. The molecule has 0 spiro atoms. The molecular weight excluding hydrogens is 340 g/mol. The summed E-state index contributed by atoms with van der Waals surface area (Å²) in [6.07, 6.45) is 7.77. The number of aliphatic hydroxyl groups excluding tert-OH is 1. The lowest BCUT2D eigenvalue weighted by atomic mass is 10.1. The number of nitrogens with zero attached hydrogens (tertiary/aromatic N) is 6. The summed E-state index contributed by atoms with van der Waals surface area (Å²) < 4.78 is 3.75. The maximum Gasteiger partial charge on any atom is 0.162 e. The Balaban J connectivity index is 1.36. The molecule has 1 N–H and O–H groups in total. The van der Waals surface area contributed by atoms with E-state index in [4.69, 9.17) is 5.11 Å². The van der Waals surface area contributed by atoms with Gasteiger partial charge in [-0.05, 0) is 5.56 Å². The number of hydrogen-bond acceptors (Lipinski definition) is 5. The van der Waals surface area contributed by atoms with Crippen molar-refractivity contribution in [1.29, 1.82) is 0 Å². The van der Waals surface area contributed by atoms with Gasteiger partial charge in [0.2, 0.25) is 0 Å². The number of rotatable bonds is 5. The van der Waals surface area contributed by atoms with Crippen LogP contribution >= 0.6 is 0 Å². The molecule has 7 heteroatoms. The molecule has 4 heterocycles. The van der Waals surface area contributed by atoms with Gasteiger partial charge in [-0.25, -0.2) is 9.50 Å². The lowest BCUT2D eigenvalue weighted by molar-refractivity contribution is 0.250. The van der Waals surface area contributed by atoms with Crippen LogP contribution in [-0.2, 0) is 26.2 Å². The van der Waals surface area contributed by atoms with Gasteiger partial charge in [0.05, 0.1) is 31.2 Å². The van der Waals surface area contributed by atoms with Crippen LogP contribution < -0.4 is 0 Å². The Morgan fingerprint density at radius 1 is 1.00 bits per heavy atom. The molecule has 27 heavy (non-hydrogen) atoms. The maximum absolute atomic E-state index is 9.16. The molecule has 0 amide bonds. The van der Waals surface area contributed by atoms with Gasteiger partial charge in [-0.15, -0.1) is 0 Å². The quantitative estimate of drug-likeness (QED) is 0.590. The van der Waals surface area contributed by atoms with E-state index in [0.717, 1.165) is 42.0 Å². The summed E-state index contributed by atoms with van der Waals surface area (Å²) in [7, 11) is 0. The Hall–Kier alpha value is -3.03. The van der Waals surface area contributed by atoms with Crippen molar-refractivity contribution in [3.8, 4) is 11.1 Å². The standard InChI is InChI=1S/C20H20N6O/c27-7-6-25-19-14-24(13-17(19)9-22-25)11-15-8-21-20-18(10-23-26(20)12-15)16-4-2-1-3-5-16/h1-5,8-10,12,27H,6-7,11,13-14H2. The predicted molar refractivity (Wildman–Crippen MR) is 101 cm³/mol. The van der Waals surface area contributed by atoms with Gasteiger partial charge in [0.25, 0.3) is 0 Å². The number of benzene rings is 1. The average Bonchev–Trinajstić information content (AvgIpc) is 3.38. The summed E-state index contributed by atoms with van der Waals surface area (Å²) in [5.41, 5.74) is 6.59. The summed E-state index contributed by atoms with van der Waals surface area (Å²) in [5.74, 6) is 0. The SMILES string of the molecule is OCCn1ncc2c1CN(Cc1cnc3c(-c4ccccc4)cnn3c1)C2. The van der Waals surface area contributed by atoms with Crippen LogP contribution in [0.25, 0.3) is 16.8 Å². The largest absolute Gasteiger partial charge is 0.394 e. The Kier molecular flexibility index (Phi) is 3.95. The van der Waals surface area contributed by atoms with Crippen LogP contribution in [0.1, 0.15) is 16.8 Å². The second kappa shape index (κ2) is 6.61. The fourth-order valence-electron chi connectivity index (χ4n) is 3.75. The first kappa shape index (κ1) is 16.2. The molecule has 0 atom stereocenters. The molecule has 0 saturated carbocycles. The van der Waals surface area contributed by atoms with E-state index in [0.29, 0.717) is 6.54 Å². The highest BCUT2D eigenvalue weighted by Gasteiger charge is 2.23. The summed E-state index contributed by atoms with van der Waals surface area (Å²) >= 11 is 0. The van der Waals surface area contributed by atoms with Gasteiger partial charge in [-0.2, -0.15) is 10.2 Å². The van der Waals surface area contributed by atoms with E-state index in [1.165, 1.54) is 11.3 Å². The molecule has 1 aliphatic heterocycles. The van der Waals surface area contributed by atoms with Crippen LogP contribution in [0.4, 0.5) is 0 Å². The molecule has 1 aliphatic rings. The molecule has 1 aromatic carbocycles. The van der Waals surface area contributed by atoms with Crippen molar-refractivity contribution in [2.45, 2.75) is 26.2 Å². The van der Waals surface area contributed by atoms with E-state index in [2.05, 4.69) is 38.4 Å². The third-order valence-electron chi connectivity index (χ3n) is 5.02. The van der Waals surface area contributed by atoms with E-state index in [-0.39, 0.29) is 6.61 Å². The Morgan fingerprint density at radius 3 is 2.74 bits per heavy atom. The van der Waals surface area contributed by atoms with E-state index < -0.39 is 0 Å². The van der Waals surface area contributed by atoms with E-state index in [9.17, 15) is 0 Å². The molecule has 0 saturated heterocycles. The average molecular weight is 360 g/mol. The highest BCUT2D eigenvalue weighted by Crippen LogP contribution is 2.25. The lowest BCUT2D eigenvalue weighted by Crippen LogP contribution is -2.18. The third kappa shape index (κ3) is 2.90. The zero-order valence-corrected chi connectivity index (χ0v) is 14.9. The minimum Gasteiger partial charge on any atom is -0.394 e. The Bertz CT molecular complexity index is 1080. The molecule has 4 aromatic rings. The molecule has 3 aromatic heterocycles. The highest BCUT2D eigenvalue weighted by molar-refractivity contribution is 5.76. The van der Waals surface area contributed by atoms with Crippen LogP contribution in [0.2, 0.25) is 0 Å². The molecule has 7 nitrogen and oxygen atoms in total. The van der Waals surface area contributed by atoms with E-state index in [1.54, 1.807) is 0 Å². The summed E-state index contributed by atoms with van der Waals surface area (Å²) in [6.45, 7) is 3.16. The maximum atomic E-state index is 9.16. The van der Waals surface area contributed by atoms with Gasteiger partial charge in [-0.1, -0.05) is 30.3 Å². The fraction of sp³-hybridized carbons (Fsp3) is 0.250. The number of fused-ring (bicyclic) bond motifs is 2. The van der Waals surface area contributed by atoms with Crippen LogP contribution in [0.5, 0.6) is 0 Å². The lowest BCUT2D eigenvalue weighted by Gasteiger charge is -2.15. The van der Waals surface area contributed by atoms with Crippen LogP contribution in [0, 0.1) is 0 Å². The normalized spacial score (nSPS) is 14.1.